The zero-order chi connectivity index (χ0) is 25.9. The maximum atomic E-state index is 15.6. The van der Waals surface area contributed by atoms with Gasteiger partial charge in [-0.15, -0.1) is 5.10 Å². The zero-order valence-electron chi connectivity index (χ0n) is 18.1. The molecule has 2 heterocycles. The first-order valence-corrected chi connectivity index (χ1v) is 10.3. The quantitative estimate of drug-likeness (QED) is 0.291. The summed E-state index contributed by atoms with van der Waals surface area (Å²) in [5.41, 5.74) is -0.233. The van der Waals surface area contributed by atoms with Crippen molar-refractivity contribution in [2.24, 2.45) is 0 Å². The highest BCUT2D eigenvalue weighted by Crippen LogP contribution is 2.43. The average molecular weight is 511 g/mol. The number of hydrogen-bond donors (Lipinski definition) is 0. The number of halogens is 7. The maximum Gasteiger partial charge on any atom is 0.422 e. The largest absolute Gasteiger partial charge is 0.484 e. The van der Waals surface area contributed by atoms with Crippen molar-refractivity contribution < 1.29 is 35.5 Å². The molecular formula is C23H16F7N5O. The second-order valence-electron chi connectivity index (χ2n) is 7.73. The molecule has 1 atom stereocenters. The summed E-state index contributed by atoms with van der Waals surface area (Å²) in [5.74, 6) is -7.64. The SMILES string of the molecule is Fc1ccc(C(Cn2cnnn2)C(F)(F)c2ccc(-c3ccc(OCC(F)(F)F)cc3)cn2)c(F)c1. The van der Waals surface area contributed by atoms with Crippen molar-refractivity contribution in [3.8, 4) is 16.9 Å². The molecule has 6 nitrogen and oxygen atoms in total. The molecule has 0 fully saturated rings. The molecule has 0 saturated carbocycles. The molecular weight excluding hydrogens is 495 g/mol. The monoisotopic (exact) mass is 511 g/mol. The van der Waals surface area contributed by atoms with Crippen molar-refractivity contribution in [3.63, 3.8) is 0 Å². The van der Waals surface area contributed by atoms with Gasteiger partial charge in [-0.25, -0.2) is 13.5 Å². The van der Waals surface area contributed by atoms with Crippen LogP contribution in [0.3, 0.4) is 0 Å². The van der Waals surface area contributed by atoms with Gasteiger partial charge in [-0.05, 0) is 45.8 Å². The Kier molecular flexibility index (Phi) is 6.91. The van der Waals surface area contributed by atoms with Gasteiger partial charge in [0.2, 0.25) is 0 Å². The Labute approximate surface area is 199 Å². The number of alkyl halides is 5. The molecule has 36 heavy (non-hydrogen) atoms. The van der Waals surface area contributed by atoms with E-state index >= 15 is 8.78 Å². The Morgan fingerprint density at radius 3 is 2.19 bits per heavy atom. The molecule has 0 N–H and O–H groups in total. The van der Waals surface area contributed by atoms with Crippen LogP contribution in [0.1, 0.15) is 17.2 Å². The van der Waals surface area contributed by atoms with Gasteiger partial charge in [-0.1, -0.05) is 24.3 Å². The maximum absolute atomic E-state index is 15.6. The first-order chi connectivity index (χ1) is 17.0. The lowest BCUT2D eigenvalue weighted by Gasteiger charge is -2.27. The minimum atomic E-state index is -4.48. The van der Waals surface area contributed by atoms with Crippen molar-refractivity contribution in [1.82, 2.24) is 25.2 Å². The number of hydrogen-bond acceptors (Lipinski definition) is 5. The summed E-state index contributed by atoms with van der Waals surface area (Å²) in [7, 11) is 0. The Bertz CT molecular complexity index is 1290. The first-order valence-electron chi connectivity index (χ1n) is 10.3. The second kappa shape index (κ2) is 9.91. The Morgan fingerprint density at radius 1 is 0.889 bits per heavy atom. The van der Waals surface area contributed by atoms with E-state index in [0.29, 0.717) is 17.2 Å². The van der Waals surface area contributed by atoms with E-state index in [9.17, 15) is 22.0 Å². The molecule has 2 aromatic carbocycles. The van der Waals surface area contributed by atoms with Crippen LogP contribution in [-0.2, 0) is 12.5 Å². The molecule has 0 saturated heterocycles. The van der Waals surface area contributed by atoms with Gasteiger partial charge in [0.05, 0.1) is 12.5 Å². The van der Waals surface area contributed by atoms with Crippen LogP contribution in [0, 0.1) is 11.6 Å². The molecule has 0 aliphatic carbocycles. The third-order valence-electron chi connectivity index (χ3n) is 5.23. The molecule has 0 spiro atoms. The fourth-order valence-electron chi connectivity index (χ4n) is 3.49. The van der Waals surface area contributed by atoms with E-state index in [-0.39, 0.29) is 5.75 Å². The topological polar surface area (TPSA) is 65.7 Å². The molecule has 0 bridgehead atoms. The number of aromatic nitrogens is 5. The van der Waals surface area contributed by atoms with Gasteiger partial charge < -0.3 is 4.74 Å². The molecule has 0 aliphatic rings. The molecule has 188 valence electrons. The molecule has 2 aromatic heterocycles. The lowest BCUT2D eigenvalue weighted by atomic mass is 9.89. The molecule has 4 aromatic rings. The van der Waals surface area contributed by atoms with Crippen molar-refractivity contribution in [2.75, 3.05) is 6.61 Å². The van der Waals surface area contributed by atoms with Crippen LogP contribution in [-0.4, -0.2) is 38.0 Å². The third-order valence-corrected chi connectivity index (χ3v) is 5.23. The van der Waals surface area contributed by atoms with Gasteiger partial charge in [-0.2, -0.15) is 22.0 Å². The second-order valence-corrected chi connectivity index (χ2v) is 7.73. The minimum Gasteiger partial charge on any atom is -0.484 e. The third kappa shape index (κ3) is 5.78. The molecule has 0 radical (unpaired) electrons. The van der Waals surface area contributed by atoms with E-state index in [2.05, 4.69) is 25.2 Å². The predicted octanol–water partition coefficient (Wildman–Crippen LogP) is 5.53. The van der Waals surface area contributed by atoms with Crippen LogP contribution in [0.15, 0.2) is 67.1 Å². The van der Waals surface area contributed by atoms with Gasteiger partial charge in [0.25, 0.3) is 5.92 Å². The van der Waals surface area contributed by atoms with Gasteiger partial charge in [0.15, 0.2) is 6.61 Å². The molecule has 4 rings (SSSR count). The number of rotatable bonds is 8. The summed E-state index contributed by atoms with van der Waals surface area (Å²) < 4.78 is 102. The van der Waals surface area contributed by atoms with Crippen molar-refractivity contribution in [1.29, 1.82) is 0 Å². The van der Waals surface area contributed by atoms with E-state index in [0.717, 1.165) is 35.4 Å². The summed E-state index contributed by atoms with van der Waals surface area (Å²) in [6.07, 6.45) is -2.24. The Hall–Kier alpha value is -4.03. The van der Waals surface area contributed by atoms with Gasteiger partial charge in [0.1, 0.15) is 29.4 Å². The van der Waals surface area contributed by atoms with Gasteiger partial charge in [0, 0.05) is 17.8 Å². The lowest BCUT2D eigenvalue weighted by molar-refractivity contribution is -0.153. The van der Waals surface area contributed by atoms with Crippen LogP contribution >= 0.6 is 0 Å². The van der Waals surface area contributed by atoms with Crippen LogP contribution < -0.4 is 4.74 Å². The number of tetrazole rings is 1. The summed E-state index contributed by atoms with van der Waals surface area (Å²) in [6, 6.07) is 10.2. The van der Waals surface area contributed by atoms with Crippen LogP contribution in [0.5, 0.6) is 5.75 Å². The van der Waals surface area contributed by atoms with E-state index in [4.69, 9.17) is 0 Å². The smallest absolute Gasteiger partial charge is 0.422 e. The summed E-state index contributed by atoms with van der Waals surface area (Å²) >= 11 is 0. The Morgan fingerprint density at radius 2 is 1.61 bits per heavy atom. The van der Waals surface area contributed by atoms with Crippen molar-refractivity contribution in [2.45, 2.75) is 24.6 Å². The first kappa shape index (κ1) is 25.1. The van der Waals surface area contributed by atoms with Gasteiger partial charge in [-0.3, -0.25) is 4.98 Å². The molecule has 0 amide bonds. The highest BCUT2D eigenvalue weighted by atomic mass is 19.4. The van der Waals surface area contributed by atoms with E-state index in [1.54, 1.807) is 0 Å². The van der Waals surface area contributed by atoms with E-state index in [1.807, 2.05) is 0 Å². The average Bonchev–Trinajstić information content (AvgIpc) is 3.35. The minimum absolute atomic E-state index is 0.0149. The number of benzene rings is 2. The highest BCUT2D eigenvalue weighted by Gasteiger charge is 2.45. The lowest BCUT2D eigenvalue weighted by Crippen LogP contribution is -2.30. The molecule has 1 unspecified atom stereocenters. The highest BCUT2D eigenvalue weighted by molar-refractivity contribution is 5.63. The number of ether oxygens (including phenoxy) is 1. The Balaban J connectivity index is 1.59. The zero-order valence-corrected chi connectivity index (χ0v) is 18.1. The van der Waals surface area contributed by atoms with Crippen LogP contribution in [0.4, 0.5) is 30.7 Å². The van der Waals surface area contributed by atoms with Crippen molar-refractivity contribution in [3.05, 3.63) is 90.0 Å². The van der Waals surface area contributed by atoms with Crippen LogP contribution in [0.25, 0.3) is 11.1 Å². The number of pyridine rings is 1. The van der Waals surface area contributed by atoms with Gasteiger partial charge >= 0.3 is 6.18 Å². The van der Waals surface area contributed by atoms with Crippen molar-refractivity contribution >= 4 is 0 Å². The molecule has 0 aliphatic heterocycles. The predicted molar refractivity (Wildman–Crippen MR) is 112 cm³/mol. The fraction of sp³-hybridized carbons (Fsp3) is 0.217. The standard InChI is InChI=1S/C23H16F7N5O/c24-16-4-7-18(20(25)9-16)19(11-35-13-32-33-34-35)23(29,30)21-8-3-15(10-31-21)14-1-5-17(6-2-14)36-12-22(26,27)28/h1-10,13,19H,11-12H2. The fourth-order valence-corrected chi connectivity index (χ4v) is 3.49. The summed E-state index contributed by atoms with van der Waals surface area (Å²) in [4.78, 5) is 3.85. The van der Waals surface area contributed by atoms with E-state index < -0.39 is 54.1 Å². The summed E-state index contributed by atoms with van der Waals surface area (Å²) in [6.45, 7) is -1.97. The molecule has 13 heteroatoms. The number of nitrogens with zero attached hydrogens (tertiary/aromatic N) is 5. The normalized spacial score (nSPS) is 13.0. The van der Waals surface area contributed by atoms with E-state index in [1.165, 1.54) is 30.3 Å². The summed E-state index contributed by atoms with van der Waals surface area (Å²) in [5, 5.41) is 10.3. The van der Waals surface area contributed by atoms with Crippen LogP contribution in [0.2, 0.25) is 0 Å².